The highest BCUT2D eigenvalue weighted by Gasteiger charge is 2.61. The first-order valence-electron chi connectivity index (χ1n) is 6.29. The monoisotopic (exact) mass is 261 g/mol. The number of rotatable bonds is 3. The number of carbonyl (C=O) groups excluding carboxylic acids is 1. The van der Waals surface area contributed by atoms with Gasteiger partial charge < -0.3 is 15.6 Å². The van der Waals surface area contributed by atoms with Crippen molar-refractivity contribution in [1.82, 2.24) is 0 Å². The number of primary amides is 1. The Balaban J connectivity index is 2.12. The molecule has 1 aromatic rings. The Morgan fingerprint density at radius 3 is 2.53 bits per heavy atom. The Bertz CT molecular complexity index is 530. The molecule has 0 bridgehead atoms. The summed E-state index contributed by atoms with van der Waals surface area (Å²) in [6.07, 6.45) is 0.631. The molecule has 100 valence electrons. The van der Waals surface area contributed by atoms with E-state index in [0.29, 0.717) is 18.4 Å². The lowest BCUT2D eigenvalue weighted by Gasteiger charge is -2.38. The zero-order valence-electron chi connectivity index (χ0n) is 10.3. The molecule has 2 fully saturated rings. The number of hydrogen-bond acceptors (Lipinski definition) is 3. The summed E-state index contributed by atoms with van der Waals surface area (Å²) in [5.41, 5.74) is 5.09. The van der Waals surface area contributed by atoms with E-state index in [0.717, 1.165) is 0 Å². The van der Waals surface area contributed by atoms with Gasteiger partial charge in [0, 0.05) is 0 Å². The predicted molar refractivity (Wildman–Crippen MR) is 66.3 cm³/mol. The summed E-state index contributed by atoms with van der Waals surface area (Å²) in [4.78, 5) is 23.6. The summed E-state index contributed by atoms with van der Waals surface area (Å²) >= 11 is 0. The number of epoxide rings is 1. The first-order valence-corrected chi connectivity index (χ1v) is 6.29. The molecule has 1 aromatic carbocycles. The van der Waals surface area contributed by atoms with Gasteiger partial charge in [-0.3, -0.25) is 9.59 Å². The van der Waals surface area contributed by atoms with Crippen LogP contribution in [0.2, 0.25) is 0 Å². The van der Waals surface area contributed by atoms with Gasteiger partial charge >= 0.3 is 5.97 Å². The number of aliphatic carboxylic acids is 1. The van der Waals surface area contributed by atoms with Crippen molar-refractivity contribution in [3.63, 3.8) is 0 Å². The fourth-order valence-electron chi connectivity index (χ4n) is 3.24. The maximum atomic E-state index is 12.1. The molecule has 1 amide bonds. The highest BCUT2D eigenvalue weighted by Crippen LogP contribution is 2.51. The number of hydrogen-bond donors (Lipinski definition) is 2. The van der Waals surface area contributed by atoms with E-state index in [2.05, 4.69) is 0 Å². The molecule has 1 saturated heterocycles. The lowest BCUT2D eigenvalue weighted by molar-refractivity contribution is -0.149. The molecule has 5 nitrogen and oxygen atoms in total. The van der Waals surface area contributed by atoms with E-state index in [9.17, 15) is 14.7 Å². The van der Waals surface area contributed by atoms with Crippen LogP contribution in [0.5, 0.6) is 0 Å². The lowest BCUT2D eigenvalue weighted by atomic mass is 9.62. The quantitative estimate of drug-likeness (QED) is 0.782. The number of carboxylic acids is 1. The minimum Gasteiger partial charge on any atom is -0.481 e. The molecule has 0 radical (unpaired) electrons. The minimum atomic E-state index is -1.16. The largest absolute Gasteiger partial charge is 0.481 e. The van der Waals surface area contributed by atoms with Gasteiger partial charge in [0.25, 0.3) is 0 Å². The highest BCUT2D eigenvalue weighted by atomic mass is 16.6. The Labute approximate surface area is 110 Å². The Morgan fingerprint density at radius 2 is 1.95 bits per heavy atom. The van der Waals surface area contributed by atoms with Gasteiger partial charge in [-0.2, -0.15) is 0 Å². The molecule has 1 aliphatic carbocycles. The molecule has 4 atom stereocenters. The van der Waals surface area contributed by atoms with Crippen molar-refractivity contribution in [2.24, 2.45) is 11.7 Å². The maximum Gasteiger partial charge on any atom is 0.308 e. The zero-order chi connectivity index (χ0) is 13.6. The number of nitrogens with two attached hydrogens (primary N) is 1. The van der Waals surface area contributed by atoms with E-state index in [1.165, 1.54) is 0 Å². The molecular weight excluding hydrogens is 246 g/mol. The van der Waals surface area contributed by atoms with E-state index in [-0.39, 0.29) is 12.2 Å². The molecule has 0 aromatic heterocycles. The van der Waals surface area contributed by atoms with Crippen LogP contribution in [0.15, 0.2) is 30.3 Å². The van der Waals surface area contributed by atoms with Crippen LogP contribution in [0.1, 0.15) is 18.4 Å². The van der Waals surface area contributed by atoms with E-state index >= 15 is 0 Å². The number of fused-ring (bicyclic) bond motifs is 1. The molecule has 2 aliphatic rings. The summed E-state index contributed by atoms with van der Waals surface area (Å²) in [6.45, 7) is 0. The summed E-state index contributed by atoms with van der Waals surface area (Å²) in [5.74, 6) is -2.40. The third-order valence-corrected chi connectivity index (χ3v) is 4.30. The van der Waals surface area contributed by atoms with Gasteiger partial charge in [0.15, 0.2) is 0 Å². The second-order valence-electron chi connectivity index (χ2n) is 5.25. The smallest absolute Gasteiger partial charge is 0.308 e. The molecule has 5 heteroatoms. The van der Waals surface area contributed by atoms with E-state index in [4.69, 9.17) is 10.5 Å². The van der Waals surface area contributed by atoms with Gasteiger partial charge in [-0.25, -0.2) is 0 Å². The van der Waals surface area contributed by atoms with Crippen LogP contribution in [-0.2, 0) is 19.7 Å². The molecule has 3 N–H and O–H groups in total. The van der Waals surface area contributed by atoms with E-state index < -0.39 is 23.2 Å². The summed E-state index contributed by atoms with van der Waals surface area (Å²) in [6, 6.07) is 8.94. The normalized spacial score (nSPS) is 36.3. The fourth-order valence-corrected chi connectivity index (χ4v) is 3.24. The van der Waals surface area contributed by atoms with Crippen molar-refractivity contribution in [3.05, 3.63) is 35.9 Å². The fraction of sp³-hybridized carbons (Fsp3) is 0.429. The highest BCUT2D eigenvalue weighted by molar-refractivity contribution is 5.93. The van der Waals surface area contributed by atoms with Crippen LogP contribution in [0.3, 0.4) is 0 Å². The number of carbonyl (C=O) groups is 2. The van der Waals surface area contributed by atoms with Crippen molar-refractivity contribution in [1.29, 1.82) is 0 Å². The van der Waals surface area contributed by atoms with Gasteiger partial charge in [0.2, 0.25) is 5.91 Å². The van der Waals surface area contributed by atoms with Crippen molar-refractivity contribution < 1.29 is 19.4 Å². The standard InChI is InChI=1S/C14H15NO4/c15-13(18)14(8-4-2-1-3-5-8)7-11-10(19-11)6-9(14)12(16)17/h1-5,9-11H,6-7H2,(H2,15,18)(H,16,17). The molecule has 1 heterocycles. The average Bonchev–Trinajstić information content (AvgIpc) is 3.15. The first-order chi connectivity index (χ1) is 9.05. The minimum absolute atomic E-state index is 0.0303. The van der Waals surface area contributed by atoms with Crippen LogP contribution < -0.4 is 5.73 Å². The summed E-state index contributed by atoms with van der Waals surface area (Å²) in [7, 11) is 0. The van der Waals surface area contributed by atoms with Gasteiger partial charge in [-0.05, 0) is 18.4 Å². The van der Waals surface area contributed by atoms with Crippen molar-refractivity contribution in [2.75, 3.05) is 0 Å². The Morgan fingerprint density at radius 1 is 1.26 bits per heavy atom. The SMILES string of the molecule is NC(=O)C1(c2ccccc2)CC2OC2CC1C(=O)O. The van der Waals surface area contributed by atoms with Gasteiger partial charge in [0.1, 0.15) is 0 Å². The average molecular weight is 261 g/mol. The zero-order valence-corrected chi connectivity index (χ0v) is 10.3. The topological polar surface area (TPSA) is 92.9 Å². The second-order valence-corrected chi connectivity index (χ2v) is 5.25. The predicted octanol–water partition coefficient (Wildman–Crippen LogP) is 0.672. The molecule has 4 unspecified atom stereocenters. The van der Waals surface area contributed by atoms with E-state index in [1.807, 2.05) is 6.07 Å². The molecule has 19 heavy (non-hydrogen) atoms. The van der Waals surface area contributed by atoms with Crippen molar-refractivity contribution in [2.45, 2.75) is 30.5 Å². The number of ether oxygens (including phenoxy) is 1. The molecular formula is C14H15NO4. The third kappa shape index (κ3) is 1.73. The van der Waals surface area contributed by atoms with Crippen molar-refractivity contribution >= 4 is 11.9 Å². The summed E-state index contributed by atoms with van der Waals surface area (Å²) in [5, 5.41) is 9.46. The molecule has 3 rings (SSSR count). The van der Waals surface area contributed by atoms with Gasteiger partial charge in [-0.15, -0.1) is 0 Å². The lowest BCUT2D eigenvalue weighted by Crippen LogP contribution is -2.53. The molecule has 1 aliphatic heterocycles. The number of amides is 1. The third-order valence-electron chi connectivity index (χ3n) is 4.30. The maximum absolute atomic E-state index is 12.1. The molecule has 0 spiro atoms. The van der Waals surface area contributed by atoms with Crippen LogP contribution in [-0.4, -0.2) is 29.2 Å². The number of carboxylic acid groups (broad SMARTS) is 1. The van der Waals surface area contributed by atoms with Crippen LogP contribution in [0, 0.1) is 5.92 Å². The molecule has 1 saturated carbocycles. The Hall–Kier alpha value is -1.88. The Kier molecular flexibility index (Phi) is 2.60. The van der Waals surface area contributed by atoms with Gasteiger partial charge in [-0.1, -0.05) is 30.3 Å². The van der Waals surface area contributed by atoms with Crippen LogP contribution in [0.4, 0.5) is 0 Å². The second kappa shape index (κ2) is 4.06. The van der Waals surface area contributed by atoms with Crippen LogP contribution in [0.25, 0.3) is 0 Å². The van der Waals surface area contributed by atoms with Crippen LogP contribution >= 0.6 is 0 Å². The summed E-state index contributed by atoms with van der Waals surface area (Å²) < 4.78 is 5.41. The van der Waals surface area contributed by atoms with Crippen molar-refractivity contribution in [3.8, 4) is 0 Å². The number of benzene rings is 1. The van der Waals surface area contributed by atoms with Gasteiger partial charge in [0.05, 0.1) is 23.5 Å². The van der Waals surface area contributed by atoms with E-state index in [1.54, 1.807) is 24.3 Å². The first kappa shape index (κ1) is 12.2.